The number of hydrogen-bond acceptors (Lipinski definition) is 2. The van der Waals surface area contributed by atoms with Crippen LogP contribution in [0.25, 0.3) is 0 Å². The Balaban J connectivity index is 0.00000137. The van der Waals surface area contributed by atoms with E-state index in [2.05, 4.69) is 22.9 Å². The first-order valence-electron chi connectivity index (χ1n) is 6.51. The highest BCUT2D eigenvalue weighted by molar-refractivity contribution is 9.10. The van der Waals surface area contributed by atoms with E-state index in [1.807, 2.05) is 26.0 Å². The maximum atomic E-state index is 12.0. The SMILES string of the molecule is CC.CCCCC(Br)C(=O)c1ccc(OC)cc1. The third kappa shape index (κ3) is 5.67. The monoisotopic (exact) mass is 314 g/mol. The number of carbonyl (C=O) groups excluding carboxylic acids is 1. The molecule has 0 N–H and O–H groups in total. The van der Waals surface area contributed by atoms with E-state index >= 15 is 0 Å². The normalized spacial score (nSPS) is 11.2. The molecule has 0 spiro atoms. The maximum Gasteiger partial charge on any atom is 0.176 e. The van der Waals surface area contributed by atoms with E-state index in [9.17, 15) is 4.79 Å². The minimum Gasteiger partial charge on any atom is -0.497 e. The summed E-state index contributed by atoms with van der Waals surface area (Å²) in [6.45, 7) is 6.12. The van der Waals surface area contributed by atoms with Crippen LogP contribution in [0.15, 0.2) is 24.3 Å². The topological polar surface area (TPSA) is 26.3 Å². The molecule has 18 heavy (non-hydrogen) atoms. The molecule has 1 rings (SSSR count). The van der Waals surface area contributed by atoms with Crippen LogP contribution in [-0.2, 0) is 0 Å². The van der Waals surface area contributed by atoms with Crippen LogP contribution >= 0.6 is 15.9 Å². The fourth-order valence-corrected chi connectivity index (χ4v) is 2.04. The zero-order valence-electron chi connectivity index (χ0n) is 11.7. The van der Waals surface area contributed by atoms with E-state index in [0.717, 1.165) is 30.6 Å². The lowest BCUT2D eigenvalue weighted by molar-refractivity contribution is 0.0988. The number of ether oxygens (including phenoxy) is 1. The summed E-state index contributed by atoms with van der Waals surface area (Å²) in [6, 6.07) is 7.24. The van der Waals surface area contributed by atoms with E-state index in [1.165, 1.54) is 0 Å². The van der Waals surface area contributed by atoms with Gasteiger partial charge in [-0.05, 0) is 30.7 Å². The average molecular weight is 315 g/mol. The first kappa shape index (κ1) is 17.2. The number of benzene rings is 1. The van der Waals surface area contributed by atoms with Gasteiger partial charge in [-0.3, -0.25) is 4.79 Å². The molecule has 0 heterocycles. The Morgan fingerprint density at radius 1 is 1.28 bits per heavy atom. The molecule has 2 nitrogen and oxygen atoms in total. The number of rotatable bonds is 6. The van der Waals surface area contributed by atoms with Gasteiger partial charge in [-0.25, -0.2) is 0 Å². The Bertz CT molecular complexity index is 333. The fraction of sp³-hybridized carbons (Fsp3) is 0.533. The van der Waals surface area contributed by atoms with Crippen molar-refractivity contribution in [3.8, 4) is 5.75 Å². The summed E-state index contributed by atoms with van der Waals surface area (Å²) >= 11 is 3.44. The van der Waals surface area contributed by atoms with Crippen LogP contribution in [0.4, 0.5) is 0 Å². The van der Waals surface area contributed by atoms with Gasteiger partial charge in [-0.2, -0.15) is 0 Å². The lowest BCUT2D eigenvalue weighted by Gasteiger charge is -2.08. The number of carbonyl (C=O) groups is 1. The Morgan fingerprint density at radius 3 is 2.28 bits per heavy atom. The van der Waals surface area contributed by atoms with Crippen LogP contribution in [0.3, 0.4) is 0 Å². The van der Waals surface area contributed by atoms with Crippen LogP contribution in [0.1, 0.15) is 50.4 Å². The molecule has 0 saturated heterocycles. The van der Waals surface area contributed by atoms with Gasteiger partial charge in [0.05, 0.1) is 11.9 Å². The molecule has 0 aromatic heterocycles. The largest absolute Gasteiger partial charge is 0.497 e. The highest BCUT2D eigenvalue weighted by Crippen LogP contribution is 2.18. The first-order valence-corrected chi connectivity index (χ1v) is 7.43. The number of methoxy groups -OCH3 is 1. The molecular weight excluding hydrogens is 292 g/mol. The summed E-state index contributed by atoms with van der Waals surface area (Å²) in [7, 11) is 1.62. The number of halogens is 1. The second-order valence-corrected chi connectivity index (χ2v) is 4.81. The zero-order chi connectivity index (χ0) is 14.0. The minimum absolute atomic E-state index is 0.0687. The third-order valence-corrected chi connectivity index (χ3v) is 3.34. The van der Waals surface area contributed by atoms with Crippen molar-refractivity contribution in [1.29, 1.82) is 0 Å². The summed E-state index contributed by atoms with van der Waals surface area (Å²) < 4.78 is 5.05. The number of ketones is 1. The Hall–Kier alpha value is -0.830. The molecule has 0 saturated carbocycles. The molecule has 1 aromatic rings. The van der Waals surface area contributed by atoms with Crippen LogP contribution in [0.2, 0.25) is 0 Å². The predicted octanol–water partition coefficient (Wildman–Crippen LogP) is 4.86. The minimum atomic E-state index is -0.0687. The van der Waals surface area contributed by atoms with Crippen molar-refractivity contribution < 1.29 is 9.53 Å². The molecule has 3 heteroatoms. The third-order valence-electron chi connectivity index (χ3n) is 2.47. The van der Waals surface area contributed by atoms with Crippen LogP contribution in [0, 0.1) is 0 Å². The van der Waals surface area contributed by atoms with Gasteiger partial charge in [-0.15, -0.1) is 0 Å². The molecule has 0 aliphatic carbocycles. The van der Waals surface area contributed by atoms with Crippen molar-refractivity contribution in [2.45, 2.75) is 44.9 Å². The van der Waals surface area contributed by atoms with Gasteiger partial charge in [-0.1, -0.05) is 49.5 Å². The Labute approximate surface area is 119 Å². The molecule has 1 atom stereocenters. The molecule has 0 amide bonds. The summed E-state index contributed by atoms with van der Waals surface area (Å²) in [5.74, 6) is 0.923. The van der Waals surface area contributed by atoms with Crippen molar-refractivity contribution in [3.63, 3.8) is 0 Å². The van der Waals surface area contributed by atoms with E-state index in [1.54, 1.807) is 19.2 Å². The van der Waals surface area contributed by atoms with Crippen LogP contribution < -0.4 is 4.74 Å². The lowest BCUT2D eigenvalue weighted by atomic mass is 10.0. The lowest BCUT2D eigenvalue weighted by Crippen LogP contribution is -2.13. The number of hydrogen-bond donors (Lipinski definition) is 0. The van der Waals surface area contributed by atoms with Gasteiger partial charge in [0, 0.05) is 5.56 Å². The van der Waals surface area contributed by atoms with Gasteiger partial charge in [0.1, 0.15) is 5.75 Å². The highest BCUT2D eigenvalue weighted by Gasteiger charge is 2.15. The molecule has 1 unspecified atom stereocenters. The fourth-order valence-electron chi connectivity index (χ4n) is 1.45. The summed E-state index contributed by atoms with van der Waals surface area (Å²) in [5, 5.41) is 0. The van der Waals surface area contributed by atoms with Crippen molar-refractivity contribution in [2.75, 3.05) is 7.11 Å². The second kappa shape index (κ2) is 10.1. The highest BCUT2D eigenvalue weighted by atomic mass is 79.9. The van der Waals surface area contributed by atoms with Crippen molar-refractivity contribution in [1.82, 2.24) is 0 Å². The molecule has 0 aliphatic rings. The maximum absolute atomic E-state index is 12.0. The smallest absolute Gasteiger partial charge is 0.176 e. The molecule has 0 radical (unpaired) electrons. The van der Waals surface area contributed by atoms with Gasteiger partial charge < -0.3 is 4.74 Å². The van der Waals surface area contributed by atoms with Gasteiger partial charge >= 0.3 is 0 Å². The Morgan fingerprint density at radius 2 is 1.83 bits per heavy atom. The molecule has 0 bridgehead atoms. The van der Waals surface area contributed by atoms with Gasteiger partial charge in [0.15, 0.2) is 5.78 Å². The zero-order valence-corrected chi connectivity index (χ0v) is 13.3. The van der Waals surface area contributed by atoms with E-state index < -0.39 is 0 Å². The molecule has 1 aromatic carbocycles. The van der Waals surface area contributed by atoms with Crippen molar-refractivity contribution in [3.05, 3.63) is 29.8 Å². The standard InChI is InChI=1S/C13H17BrO2.C2H6/c1-3-4-5-12(14)13(15)10-6-8-11(16-2)9-7-10;1-2/h6-9,12H,3-5H2,1-2H3;1-2H3. The average Bonchev–Trinajstić information content (AvgIpc) is 2.46. The first-order chi connectivity index (χ1) is 8.69. The van der Waals surface area contributed by atoms with Crippen LogP contribution in [0.5, 0.6) is 5.75 Å². The van der Waals surface area contributed by atoms with E-state index in [0.29, 0.717) is 0 Å². The number of alkyl halides is 1. The predicted molar refractivity (Wildman–Crippen MR) is 80.9 cm³/mol. The molecule has 102 valence electrons. The van der Waals surface area contributed by atoms with E-state index in [-0.39, 0.29) is 10.6 Å². The van der Waals surface area contributed by atoms with Gasteiger partial charge in [0.25, 0.3) is 0 Å². The second-order valence-electron chi connectivity index (χ2n) is 3.70. The quantitative estimate of drug-likeness (QED) is 0.553. The summed E-state index contributed by atoms with van der Waals surface area (Å²) in [4.78, 5) is 11.9. The molecule has 0 aliphatic heterocycles. The molecule has 0 fully saturated rings. The summed E-state index contributed by atoms with van der Waals surface area (Å²) in [5.41, 5.74) is 0.735. The van der Waals surface area contributed by atoms with Crippen molar-refractivity contribution in [2.24, 2.45) is 0 Å². The molecular formula is C15H23BrO2. The van der Waals surface area contributed by atoms with Crippen LogP contribution in [-0.4, -0.2) is 17.7 Å². The Kier molecular flexibility index (Phi) is 9.66. The number of unbranched alkanes of at least 4 members (excludes halogenated alkanes) is 1. The van der Waals surface area contributed by atoms with Gasteiger partial charge in [0.2, 0.25) is 0 Å². The summed E-state index contributed by atoms with van der Waals surface area (Å²) in [6.07, 6.45) is 3.07. The van der Waals surface area contributed by atoms with E-state index in [4.69, 9.17) is 4.74 Å². The van der Waals surface area contributed by atoms with Crippen molar-refractivity contribution >= 4 is 21.7 Å². The number of Topliss-reactive ketones (excluding diaryl/α,β-unsaturated/α-hetero) is 1.